The number of nitrogens with zero attached hydrogens (tertiary/aromatic N) is 1. The van der Waals surface area contributed by atoms with Crippen LogP contribution in [0.3, 0.4) is 0 Å². The summed E-state index contributed by atoms with van der Waals surface area (Å²) in [6, 6.07) is 4.63. The van der Waals surface area contributed by atoms with Crippen LogP contribution in [-0.4, -0.2) is 47.2 Å². The molecule has 1 aromatic rings. The Morgan fingerprint density at radius 1 is 1.38 bits per heavy atom. The smallest absolute Gasteiger partial charge is 0.407 e. The van der Waals surface area contributed by atoms with Crippen LogP contribution in [0.1, 0.15) is 39.2 Å². The molecule has 1 atom stereocenters. The minimum absolute atomic E-state index is 0.000409. The molecule has 1 fully saturated rings. The molecule has 0 bridgehead atoms. The largest absolute Gasteiger partial charge is 0.508 e. The molecule has 7 heteroatoms. The van der Waals surface area contributed by atoms with Crippen molar-refractivity contribution in [3.63, 3.8) is 0 Å². The van der Waals surface area contributed by atoms with Crippen LogP contribution in [0.5, 0.6) is 5.75 Å². The molecule has 1 aliphatic rings. The number of aromatic hydroxyl groups is 1. The van der Waals surface area contributed by atoms with Gasteiger partial charge in [-0.05, 0) is 57.2 Å². The van der Waals surface area contributed by atoms with Gasteiger partial charge in [0.25, 0.3) is 0 Å². The number of piperidine rings is 1. The number of hydrogen-bond donors (Lipinski definition) is 2. The third-order valence-corrected chi connectivity index (χ3v) is 4.54. The van der Waals surface area contributed by atoms with Crippen LogP contribution in [0.4, 0.5) is 4.79 Å². The van der Waals surface area contributed by atoms with Gasteiger partial charge in [-0.3, -0.25) is 4.79 Å². The third kappa shape index (κ3) is 6.41. The van der Waals surface area contributed by atoms with Gasteiger partial charge >= 0.3 is 6.09 Å². The van der Waals surface area contributed by atoms with Gasteiger partial charge in [0.15, 0.2) is 0 Å². The summed E-state index contributed by atoms with van der Waals surface area (Å²) in [7, 11) is 0. The highest BCUT2D eigenvalue weighted by molar-refractivity contribution is 6.31. The highest BCUT2D eigenvalue weighted by Gasteiger charge is 2.25. The number of hydrogen-bond acceptors (Lipinski definition) is 4. The third-order valence-electron chi connectivity index (χ3n) is 4.18. The first-order chi connectivity index (χ1) is 12.1. The Balaban J connectivity index is 1.85. The number of alkyl carbamates (subject to hydrolysis) is 1. The number of ether oxygens (including phenoxy) is 1. The lowest BCUT2D eigenvalue weighted by Crippen LogP contribution is -2.45. The van der Waals surface area contributed by atoms with Crippen molar-refractivity contribution in [2.75, 3.05) is 19.6 Å². The number of phenolic OH excluding ortho intramolecular Hbond substituents is 1. The average Bonchev–Trinajstić information content (AvgIpc) is 2.54. The van der Waals surface area contributed by atoms with Crippen molar-refractivity contribution in [1.82, 2.24) is 10.2 Å². The number of carbonyl (C=O) groups is 2. The van der Waals surface area contributed by atoms with E-state index in [0.717, 1.165) is 12.8 Å². The fourth-order valence-corrected chi connectivity index (χ4v) is 3.20. The van der Waals surface area contributed by atoms with Gasteiger partial charge in [0.1, 0.15) is 11.4 Å². The lowest BCUT2D eigenvalue weighted by molar-refractivity contribution is -0.132. The van der Waals surface area contributed by atoms with Crippen LogP contribution in [0.25, 0.3) is 0 Å². The summed E-state index contributed by atoms with van der Waals surface area (Å²) < 4.78 is 5.24. The highest BCUT2D eigenvalue weighted by atomic mass is 35.5. The molecule has 1 saturated heterocycles. The average molecular weight is 383 g/mol. The maximum Gasteiger partial charge on any atom is 0.407 e. The van der Waals surface area contributed by atoms with E-state index in [1.54, 1.807) is 6.07 Å². The zero-order valence-corrected chi connectivity index (χ0v) is 16.3. The Hall–Kier alpha value is -1.95. The number of benzene rings is 1. The van der Waals surface area contributed by atoms with E-state index in [2.05, 4.69) is 5.32 Å². The van der Waals surface area contributed by atoms with Crippen molar-refractivity contribution >= 4 is 23.6 Å². The van der Waals surface area contributed by atoms with Crippen LogP contribution >= 0.6 is 11.6 Å². The molecule has 1 aliphatic heterocycles. The normalized spacial score (nSPS) is 17.7. The van der Waals surface area contributed by atoms with E-state index in [9.17, 15) is 14.7 Å². The van der Waals surface area contributed by atoms with Gasteiger partial charge in [0, 0.05) is 24.7 Å². The minimum atomic E-state index is -0.526. The second-order valence-electron chi connectivity index (χ2n) is 7.68. The molecule has 0 radical (unpaired) electrons. The monoisotopic (exact) mass is 382 g/mol. The van der Waals surface area contributed by atoms with Crippen LogP contribution < -0.4 is 5.32 Å². The second-order valence-corrected chi connectivity index (χ2v) is 8.09. The second kappa shape index (κ2) is 8.62. The van der Waals surface area contributed by atoms with E-state index < -0.39 is 11.7 Å². The van der Waals surface area contributed by atoms with Crippen LogP contribution in [-0.2, 0) is 16.0 Å². The van der Waals surface area contributed by atoms with Gasteiger partial charge in [0.05, 0.1) is 6.42 Å². The maximum absolute atomic E-state index is 12.6. The number of halogens is 1. The van der Waals surface area contributed by atoms with Crippen LogP contribution in [0, 0.1) is 5.92 Å². The fourth-order valence-electron chi connectivity index (χ4n) is 2.95. The number of carbonyl (C=O) groups excluding carboxylic acids is 2. The van der Waals surface area contributed by atoms with E-state index in [1.165, 1.54) is 12.1 Å². The molecule has 6 nitrogen and oxygen atoms in total. The molecule has 0 aromatic heterocycles. The SMILES string of the molecule is CC(C)(C)OC(=O)NC[C@@H]1CCCN(C(=O)Cc2ccc(O)cc2Cl)C1. The molecule has 144 valence electrons. The van der Waals surface area contributed by atoms with Gasteiger partial charge in [-0.1, -0.05) is 17.7 Å². The van der Waals surface area contributed by atoms with E-state index in [1.807, 2.05) is 25.7 Å². The summed E-state index contributed by atoms with van der Waals surface area (Å²) in [6.45, 7) is 7.26. The van der Waals surface area contributed by atoms with E-state index in [4.69, 9.17) is 16.3 Å². The van der Waals surface area contributed by atoms with Gasteiger partial charge in [-0.2, -0.15) is 0 Å². The Morgan fingerprint density at radius 2 is 2.12 bits per heavy atom. The van der Waals surface area contributed by atoms with Crippen molar-refractivity contribution in [1.29, 1.82) is 0 Å². The summed E-state index contributed by atoms with van der Waals surface area (Å²) >= 11 is 6.09. The highest BCUT2D eigenvalue weighted by Crippen LogP contribution is 2.23. The molecular formula is C19H27ClN2O4. The molecule has 0 spiro atoms. The first kappa shape index (κ1) is 20.4. The summed E-state index contributed by atoms with van der Waals surface area (Å²) in [5.41, 5.74) is 0.172. The number of nitrogens with one attached hydrogen (secondary N) is 1. The zero-order valence-electron chi connectivity index (χ0n) is 15.5. The molecule has 2 rings (SSSR count). The summed E-state index contributed by atoms with van der Waals surface area (Å²) in [4.78, 5) is 26.2. The molecule has 2 N–H and O–H groups in total. The van der Waals surface area contributed by atoms with Crippen molar-refractivity contribution in [2.45, 2.75) is 45.6 Å². The van der Waals surface area contributed by atoms with Gasteiger partial charge in [0.2, 0.25) is 5.91 Å². The quantitative estimate of drug-likeness (QED) is 0.836. The standard InChI is InChI=1S/C19H27ClN2O4/c1-19(2,3)26-18(25)21-11-13-5-4-8-22(12-13)17(24)9-14-6-7-15(23)10-16(14)20/h6-7,10,13,23H,4-5,8-9,11-12H2,1-3H3,(H,21,25)/t13-/m0/s1. The molecule has 0 unspecified atom stereocenters. The zero-order chi connectivity index (χ0) is 19.3. The summed E-state index contributed by atoms with van der Waals surface area (Å²) in [6.07, 6.45) is 1.62. The van der Waals surface area contributed by atoms with Crippen molar-refractivity contribution in [3.05, 3.63) is 28.8 Å². The van der Waals surface area contributed by atoms with Crippen molar-refractivity contribution in [2.24, 2.45) is 5.92 Å². The predicted octanol–water partition coefficient (Wildman–Crippen LogP) is 3.35. The number of likely N-dealkylation sites (tertiary alicyclic amines) is 1. The molecule has 0 saturated carbocycles. The van der Waals surface area contributed by atoms with E-state index >= 15 is 0 Å². The molecule has 26 heavy (non-hydrogen) atoms. The lowest BCUT2D eigenvalue weighted by atomic mass is 9.97. The topological polar surface area (TPSA) is 78.9 Å². The molecule has 1 heterocycles. The van der Waals surface area contributed by atoms with Crippen LogP contribution in [0.2, 0.25) is 5.02 Å². The first-order valence-corrected chi connectivity index (χ1v) is 9.24. The molecule has 2 amide bonds. The van der Waals surface area contributed by atoms with Crippen molar-refractivity contribution in [3.8, 4) is 5.75 Å². The maximum atomic E-state index is 12.6. The van der Waals surface area contributed by atoms with E-state index in [-0.39, 0.29) is 24.0 Å². The van der Waals surface area contributed by atoms with Gasteiger partial charge in [-0.25, -0.2) is 4.79 Å². The molecular weight excluding hydrogens is 356 g/mol. The van der Waals surface area contributed by atoms with Gasteiger partial charge < -0.3 is 20.1 Å². The van der Waals surface area contributed by atoms with Gasteiger partial charge in [-0.15, -0.1) is 0 Å². The Kier molecular flexibility index (Phi) is 6.75. The number of amides is 2. The number of rotatable bonds is 4. The fraction of sp³-hybridized carbons (Fsp3) is 0.579. The lowest BCUT2D eigenvalue weighted by Gasteiger charge is -2.33. The van der Waals surface area contributed by atoms with E-state index in [0.29, 0.717) is 30.2 Å². The minimum Gasteiger partial charge on any atom is -0.508 e. The summed E-state index contributed by atoms with van der Waals surface area (Å²) in [5, 5.41) is 12.6. The Morgan fingerprint density at radius 3 is 2.77 bits per heavy atom. The molecule has 1 aromatic carbocycles. The van der Waals surface area contributed by atoms with Crippen LogP contribution in [0.15, 0.2) is 18.2 Å². The molecule has 0 aliphatic carbocycles. The number of phenols is 1. The van der Waals surface area contributed by atoms with Crippen molar-refractivity contribution < 1.29 is 19.4 Å². The Bertz CT molecular complexity index is 657. The first-order valence-electron chi connectivity index (χ1n) is 8.86. The Labute approximate surface area is 159 Å². The summed E-state index contributed by atoms with van der Waals surface area (Å²) in [5.74, 6) is 0.285. The predicted molar refractivity (Wildman–Crippen MR) is 100 cm³/mol.